The van der Waals surface area contributed by atoms with E-state index < -0.39 is 6.10 Å². The number of ether oxygens (including phenoxy) is 1. The molecule has 1 amide bonds. The molecular weight excluding hydrogens is 242 g/mol. The molecular formula is C15H21NO3. The highest BCUT2D eigenvalue weighted by Gasteiger charge is 2.12. The van der Waals surface area contributed by atoms with E-state index in [4.69, 9.17) is 4.74 Å². The van der Waals surface area contributed by atoms with Crippen LogP contribution in [0.2, 0.25) is 0 Å². The van der Waals surface area contributed by atoms with Crippen LogP contribution in [0.25, 0.3) is 5.57 Å². The van der Waals surface area contributed by atoms with Gasteiger partial charge in [0, 0.05) is 26.8 Å². The van der Waals surface area contributed by atoms with E-state index in [0.717, 1.165) is 11.1 Å². The number of likely N-dealkylation sites (N-methyl/N-ethyl adjacent to an activating group) is 1. The van der Waals surface area contributed by atoms with Gasteiger partial charge in [-0.3, -0.25) is 4.79 Å². The van der Waals surface area contributed by atoms with Gasteiger partial charge in [0.25, 0.3) is 0 Å². The maximum absolute atomic E-state index is 12.0. The van der Waals surface area contributed by atoms with Crippen LogP contribution in [0, 0.1) is 0 Å². The second kappa shape index (κ2) is 7.71. The topological polar surface area (TPSA) is 49.8 Å². The maximum atomic E-state index is 12.0. The lowest BCUT2D eigenvalue weighted by Crippen LogP contribution is -2.35. The number of hydrogen-bond donors (Lipinski definition) is 1. The number of aliphatic hydroxyl groups is 1. The number of methoxy groups -OCH3 is 1. The summed E-state index contributed by atoms with van der Waals surface area (Å²) in [6, 6.07) is 9.72. The van der Waals surface area contributed by atoms with Crippen molar-refractivity contribution in [2.75, 3.05) is 27.3 Å². The maximum Gasteiger partial charge on any atom is 0.246 e. The fraction of sp³-hybridized carbons (Fsp3) is 0.400. The van der Waals surface area contributed by atoms with Crippen molar-refractivity contribution in [3.8, 4) is 0 Å². The number of benzene rings is 1. The van der Waals surface area contributed by atoms with Gasteiger partial charge in [0.1, 0.15) is 0 Å². The van der Waals surface area contributed by atoms with Gasteiger partial charge in [0.15, 0.2) is 0 Å². The van der Waals surface area contributed by atoms with Crippen LogP contribution in [0.3, 0.4) is 0 Å². The molecule has 1 aromatic carbocycles. The monoisotopic (exact) mass is 263 g/mol. The number of amides is 1. The third-order valence-corrected chi connectivity index (χ3v) is 2.79. The first-order valence-electron chi connectivity index (χ1n) is 6.20. The lowest BCUT2D eigenvalue weighted by molar-refractivity contribution is -0.126. The molecule has 19 heavy (non-hydrogen) atoms. The van der Waals surface area contributed by atoms with Crippen LogP contribution in [-0.2, 0) is 9.53 Å². The van der Waals surface area contributed by atoms with E-state index in [1.165, 1.54) is 12.0 Å². The van der Waals surface area contributed by atoms with Gasteiger partial charge in [-0.05, 0) is 18.1 Å². The van der Waals surface area contributed by atoms with Crippen LogP contribution >= 0.6 is 0 Å². The molecule has 0 aliphatic rings. The van der Waals surface area contributed by atoms with Crippen molar-refractivity contribution in [3.05, 3.63) is 42.0 Å². The number of nitrogens with zero attached hydrogens (tertiary/aromatic N) is 1. The third-order valence-electron chi connectivity index (χ3n) is 2.79. The Hall–Kier alpha value is -1.65. The summed E-state index contributed by atoms with van der Waals surface area (Å²) in [5.74, 6) is -0.128. The summed E-state index contributed by atoms with van der Waals surface area (Å²) in [7, 11) is 3.18. The molecule has 0 saturated heterocycles. The standard InChI is InChI=1S/C15H21NO3/c1-12(13-7-5-4-6-8-13)9-15(18)16(2)10-14(17)11-19-3/h4-9,14,17H,10-11H2,1-3H3/b12-9-. The van der Waals surface area contributed by atoms with Crippen molar-refractivity contribution in [2.45, 2.75) is 13.0 Å². The van der Waals surface area contributed by atoms with E-state index in [2.05, 4.69) is 0 Å². The van der Waals surface area contributed by atoms with Gasteiger partial charge < -0.3 is 14.7 Å². The highest BCUT2D eigenvalue weighted by molar-refractivity contribution is 5.94. The van der Waals surface area contributed by atoms with Gasteiger partial charge in [-0.15, -0.1) is 0 Å². The van der Waals surface area contributed by atoms with E-state index in [1.54, 1.807) is 13.1 Å². The first-order valence-corrected chi connectivity index (χ1v) is 6.20. The summed E-state index contributed by atoms with van der Waals surface area (Å²) in [6.07, 6.45) is 0.916. The summed E-state index contributed by atoms with van der Waals surface area (Å²) in [6.45, 7) is 2.37. The van der Waals surface area contributed by atoms with Gasteiger partial charge in [-0.2, -0.15) is 0 Å². The zero-order valence-corrected chi connectivity index (χ0v) is 11.7. The Morgan fingerprint density at radius 1 is 1.42 bits per heavy atom. The Balaban J connectivity index is 2.63. The molecule has 1 rings (SSSR count). The molecule has 0 aliphatic carbocycles. The summed E-state index contributed by atoms with van der Waals surface area (Å²) in [5.41, 5.74) is 1.92. The normalized spacial score (nSPS) is 13.2. The molecule has 0 saturated carbocycles. The zero-order valence-electron chi connectivity index (χ0n) is 11.7. The van der Waals surface area contributed by atoms with E-state index in [-0.39, 0.29) is 19.1 Å². The van der Waals surface area contributed by atoms with Crippen molar-refractivity contribution in [1.29, 1.82) is 0 Å². The lowest BCUT2D eigenvalue weighted by atomic mass is 10.1. The summed E-state index contributed by atoms with van der Waals surface area (Å²) < 4.78 is 4.83. The number of aliphatic hydroxyl groups excluding tert-OH is 1. The van der Waals surface area contributed by atoms with Gasteiger partial charge in [0.2, 0.25) is 5.91 Å². The predicted octanol–water partition coefficient (Wildman–Crippen LogP) is 1.56. The van der Waals surface area contributed by atoms with Crippen molar-refractivity contribution < 1.29 is 14.6 Å². The first kappa shape index (κ1) is 15.4. The highest BCUT2D eigenvalue weighted by atomic mass is 16.5. The largest absolute Gasteiger partial charge is 0.389 e. The van der Waals surface area contributed by atoms with Gasteiger partial charge in [-0.1, -0.05) is 30.3 Å². The number of allylic oxidation sites excluding steroid dienone is 1. The van der Waals surface area contributed by atoms with Crippen LogP contribution in [-0.4, -0.2) is 49.3 Å². The van der Waals surface area contributed by atoms with E-state index in [9.17, 15) is 9.90 Å². The molecule has 1 atom stereocenters. The molecule has 0 bridgehead atoms. The molecule has 4 nitrogen and oxygen atoms in total. The Bertz CT molecular complexity index is 428. The van der Waals surface area contributed by atoms with Crippen molar-refractivity contribution in [2.24, 2.45) is 0 Å². The quantitative estimate of drug-likeness (QED) is 0.792. The van der Waals surface area contributed by atoms with Gasteiger partial charge in [0.05, 0.1) is 12.7 Å². The van der Waals surface area contributed by atoms with Crippen LogP contribution in [0.1, 0.15) is 12.5 Å². The number of rotatable bonds is 6. The average molecular weight is 263 g/mol. The van der Waals surface area contributed by atoms with E-state index in [0.29, 0.717) is 0 Å². The predicted molar refractivity (Wildman–Crippen MR) is 75.6 cm³/mol. The van der Waals surface area contributed by atoms with Crippen LogP contribution < -0.4 is 0 Å². The Labute approximate surface area is 114 Å². The third kappa shape index (κ3) is 5.24. The number of carbonyl (C=O) groups excluding carboxylic acids is 1. The molecule has 0 heterocycles. The lowest BCUT2D eigenvalue weighted by Gasteiger charge is -2.19. The fourth-order valence-electron chi connectivity index (χ4n) is 1.73. The molecule has 1 N–H and O–H groups in total. The Morgan fingerprint density at radius 3 is 2.63 bits per heavy atom. The smallest absolute Gasteiger partial charge is 0.246 e. The Morgan fingerprint density at radius 2 is 2.05 bits per heavy atom. The van der Waals surface area contributed by atoms with Crippen LogP contribution in [0.15, 0.2) is 36.4 Å². The summed E-state index contributed by atoms with van der Waals surface area (Å²) in [5, 5.41) is 9.58. The van der Waals surface area contributed by atoms with Crippen molar-refractivity contribution in [3.63, 3.8) is 0 Å². The number of hydrogen-bond acceptors (Lipinski definition) is 3. The molecule has 1 unspecified atom stereocenters. The molecule has 0 spiro atoms. The van der Waals surface area contributed by atoms with Gasteiger partial charge in [-0.25, -0.2) is 0 Å². The fourth-order valence-corrected chi connectivity index (χ4v) is 1.73. The molecule has 0 aliphatic heterocycles. The SMILES string of the molecule is COCC(O)CN(C)C(=O)/C=C(/C)c1ccccc1. The molecule has 0 aromatic heterocycles. The highest BCUT2D eigenvalue weighted by Crippen LogP contribution is 2.12. The van der Waals surface area contributed by atoms with E-state index in [1.807, 2.05) is 37.3 Å². The molecule has 4 heteroatoms. The van der Waals surface area contributed by atoms with Crippen LogP contribution in [0.4, 0.5) is 0 Å². The molecule has 0 fully saturated rings. The second-order valence-electron chi connectivity index (χ2n) is 4.52. The molecule has 0 radical (unpaired) electrons. The summed E-state index contributed by atoms with van der Waals surface area (Å²) in [4.78, 5) is 13.4. The van der Waals surface area contributed by atoms with Gasteiger partial charge >= 0.3 is 0 Å². The summed E-state index contributed by atoms with van der Waals surface area (Å²) >= 11 is 0. The zero-order chi connectivity index (χ0) is 14.3. The Kier molecular flexibility index (Phi) is 6.25. The molecule has 104 valence electrons. The average Bonchev–Trinajstić information content (AvgIpc) is 2.39. The van der Waals surface area contributed by atoms with Crippen molar-refractivity contribution >= 4 is 11.5 Å². The minimum absolute atomic E-state index is 0.128. The minimum Gasteiger partial charge on any atom is -0.389 e. The van der Waals surface area contributed by atoms with Crippen LogP contribution in [0.5, 0.6) is 0 Å². The first-order chi connectivity index (χ1) is 9.04. The van der Waals surface area contributed by atoms with Crippen molar-refractivity contribution in [1.82, 2.24) is 4.90 Å². The number of carbonyl (C=O) groups is 1. The second-order valence-corrected chi connectivity index (χ2v) is 4.52. The van der Waals surface area contributed by atoms with E-state index >= 15 is 0 Å². The minimum atomic E-state index is -0.663. The molecule has 1 aromatic rings.